The third-order valence-corrected chi connectivity index (χ3v) is 0. The molecule has 0 N–H and O–H groups in total. The van der Waals surface area contributed by atoms with Gasteiger partial charge < -0.3 is 11.7 Å². The molecule has 0 heterocycles. The summed E-state index contributed by atoms with van der Waals surface area (Å²) in [5.41, 5.74) is 0. The Kier molecular flexibility index (Phi) is 13.8. The fourth-order valence-electron chi connectivity index (χ4n) is 0. The van der Waals surface area contributed by atoms with Gasteiger partial charge in [0.15, 0.2) is 0 Å². The maximum atomic E-state index is 9.33. The van der Waals surface area contributed by atoms with E-state index in [-0.39, 0.29) is 5.78 Å². The van der Waals surface area contributed by atoms with Crippen LogP contribution in [0.2, 0.25) is 0 Å². The Bertz CT molecular complexity index is 40.1. The predicted molar refractivity (Wildman–Crippen MR) is 16.7 cm³/mol. The van der Waals surface area contributed by atoms with Gasteiger partial charge in [0.25, 0.3) is 0 Å². The molecule has 0 fully saturated rings. The summed E-state index contributed by atoms with van der Waals surface area (Å²) in [6.45, 7) is 4.42. The van der Waals surface area contributed by atoms with Crippen LogP contribution in [0, 0.1) is 6.92 Å². The summed E-state index contributed by atoms with van der Waals surface area (Å²) in [6.07, 6.45) is 0. The molecule has 0 aromatic rings. The van der Waals surface area contributed by atoms with Gasteiger partial charge in [-0.25, -0.2) is 0 Å². The molecule has 0 aliphatic rings. The third kappa shape index (κ3) is 5870. The van der Waals surface area contributed by atoms with Crippen LogP contribution in [0.1, 0.15) is 6.92 Å². The van der Waals surface area contributed by atoms with Crippen LogP contribution in [0.5, 0.6) is 0 Å². The van der Waals surface area contributed by atoms with Gasteiger partial charge in [-0.05, 0) is 12.7 Å². The van der Waals surface area contributed by atoms with E-state index < -0.39 is 0 Å². The summed E-state index contributed by atoms with van der Waals surface area (Å²) in [6, 6.07) is 0. The molecular formula is C3H5O2V-. The second-order valence-electron chi connectivity index (χ2n) is 0.702. The van der Waals surface area contributed by atoms with E-state index in [0.29, 0.717) is 0 Å². The molecule has 0 aromatic carbocycles. The minimum atomic E-state index is -0.0833. The molecule has 0 radical (unpaired) electrons. The predicted octanol–water partition coefficient (Wildman–Crippen LogP) is 0.288. The first-order chi connectivity index (χ1) is 2.73. The van der Waals surface area contributed by atoms with E-state index in [9.17, 15) is 4.79 Å². The standard InChI is InChI=1S/C3H5O.O.V/c1-3(2)4;;/h1H2,2H3;;/q-1;;. The van der Waals surface area contributed by atoms with Crippen LogP contribution in [0.15, 0.2) is 0 Å². The first-order valence-corrected chi connectivity index (χ1v) is 1.81. The number of rotatable bonds is 0. The SMILES string of the molecule is [CH2-]C(C)=O.[O]=[V]. The Balaban J connectivity index is 0. The van der Waals surface area contributed by atoms with Crippen molar-refractivity contribution in [2.24, 2.45) is 0 Å². The molecule has 0 amide bonds. The van der Waals surface area contributed by atoms with Crippen molar-refractivity contribution in [2.45, 2.75) is 6.92 Å². The summed E-state index contributed by atoms with van der Waals surface area (Å²) in [5.74, 6) is -0.0833. The van der Waals surface area contributed by atoms with Gasteiger partial charge in [-0.3, -0.25) is 0 Å². The Morgan fingerprint density at radius 1 is 1.67 bits per heavy atom. The number of hydrogen-bond acceptors (Lipinski definition) is 2. The van der Waals surface area contributed by atoms with Crippen LogP contribution in [-0.4, -0.2) is 5.78 Å². The molecule has 0 spiro atoms. The maximum absolute atomic E-state index is 9.33. The number of carbonyl (C=O) groups is 1. The Morgan fingerprint density at radius 2 is 1.67 bits per heavy atom. The van der Waals surface area contributed by atoms with E-state index >= 15 is 0 Å². The van der Waals surface area contributed by atoms with E-state index in [4.69, 9.17) is 3.67 Å². The van der Waals surface area contributed by atoms with Crippen LogP contribution < -0.4 is 0 Å². The van der Waals surface area contributed by atoms with Crippen LogP contribution in [0.4, 0.5) is 0 Å². The minimum absolute atomic E-state index is 0.0833. The van der Waals surface area contributed by atoms with Crippen LogP contribution >= 0.6 is 0 Å². The fourth-order valence-corrected chi connectivity index (χ4v) is 0. The van der Waals surface area contributed by atoms with E-state index in [1.807, 2.05) is 0 Å². The average Bonchev–Trinajstić information content (AvgIpc) is 1.41. The quantitative estimate of drug-likeness (QED) is 0.435. The molecule has 0 bridgehead atoms. The molecule has 0 unspecified atom stereocenters. The molecule has 0 rings (SSSR count). The first kappa shape index (κ1) is 9.33. The van der Waals surface area contributed by atoms with E-state index in [1.165, 1.54) is 6.92 Å². The molecule has 35 valence electrons. The third-order valence-electron chi connectivity index (χ3n) is 0. The average molecular weight is 124 g/mol. The number of carbonyl (C=O) groups excluding carboxylic acids is 1. The van der Waals surface area contributed by atoms with Crippen molar-refractivity contribution < 1.29 is 25.8 Å². The molecule has 0 saturated carbocycles. The molecule has 2 nitrogen and oxygen atoms in total. The summed E-state index contributed by atoms with van der Waals surface area (Å²) in [4.78, 5) is 9.33. The van der Waals surface area contributed by atoms with Crippen molar-refractivity contribution in [3.63, 3.8) is 0 Å². The van der Waals surface area contributed by atoms with Gasteiger partial charge in [0, 0.05) is 0 Å². The molecule has 0 aliphatic carbocycles. The van der Waals surface area contributed by atoms with Crippen molar-refractivity contribution in [3.8, 4) is 0 Å². The fraction of sp³-hybridized carbons (Fsp3) is 0.333. The molecule has 0 aliphatic heterocycles. The van der Waals surface area contributed by atoms with Gasteiger partial charge in [0.2, 0.25) is 0 Å². The van der Waals surface area contributed by atoms with Crippen molar-refractivity contribution in [3.05, 3.63) is 6.92 Å². The summed E-state index contributed by atoms with van der Waals surface area (Å²) < 4.78 is 8.19. The zero-order chi connectivity index (χ0) is 5.58. The van der Waals surface area contributed by atoms with Crippen LogP contribution in [0.25, 0.3) is 0 Å². The van der Waals surface area contributed by atoms with E-state index in [2.05, 4.69) is 6.92 Å². The molecular weight excluding hydrogens is 119 g/mol. The summed E-state index contributed by atoms with van der Waals surface area (Å²) in [5, 5.41) is 0. The second kappa shape index (κ2) is 8.87. The van der Waals surface area contributed by atoms with Gasteiger partial charge >= 0.3 is 21.0 Å². The molecule has 0 atom stereocenters. The summed E-state index contributed by atoms with van der Waals surface area (Å²) in [7, 11) is 0. The van der Waals surface area contributed by atoms with Gasteiger partial charge in [0.05, 0.1) is 0 Å². The number of ketones is 1. The zero-order valence-corrected chi connectivity index (χ0v) is 4.87. The Morgan fingerprint density at radius 3 is 1.67 bits per heavy atom. The van der Waals surface area contributed by atoms with Crippen molar-refractivity contribution in [1.82, 2.24) is 0 Å². The van der Waals surface area contributed by atoms with E-state index in [0.717, 1.165) is 17.4 Å². The van der Waals surface area contributed by atoms with Crippen LogP contribution in [-0.2, 0) is 25.8 Å². The Hall–Kier alpha value is -0.0756. The first-order valence-electron chi connectivity index (χ1n) is 1.24. The number of hydrogen-bond donors (Lipinski definition) is 0. The van der Waals surface area contributed by atoms with Crippen LogP contribution in [0.3, 0.4) is 0 Å². The van der Waals surface area contributed by atoms with Crippen molar-refractivity contribution in [1.29, 1.82) is 0 Å². The van der Waals surface area contributed by atoms with Gasteiger partial charge in [0.1, 0.15) is 0 Å². The molecule has 3 heteroatoms. The Labute approximate surface area is 46.1 Å². The van der Waals surface area contributed by atoms with Crippen molar-refractivity contribution >= 4 is 5.78 Å². The number of Topliss-reactive ketones (excluding diaryl/α,β-unsaturated/α-hetero) is 1. The monoisotopic (exact) mass is 124 g/mol. The second-order valence-corrected chi connectivity index (χ2v) is 0.702. The normalized spacial score (nSPS) is 4.67. The zero-order valence-electron chi connectivity index (χ0n) is 3.47. The topological polar surface area (TPSA) is 34.1 Å². The van der Waals surface area contributed by atoms with Gasteiger partial charge in [-0.1, -0.05) is 0 Å². The van der Waals surface area contributed by atoms with Gasteiger partial charge in [-0.15, -0.1) is 0 Å². The molecule has 6 heavy (non-hydrogen) atoms. The molecule has 0 saturated heterocycles. The summed E-state index contributed by atoms with van der Waals surface area (Å²) >= 11 is 1.06. The van der Waals surface area contributed by atoms with Gasteiger partial charge in [-0.2, -0.15) is 0 Å². The van der Waals surface area contributed by atoms with Crippen molar-refractivity contribution in [2.75, 3.05) is 0 Å². The van der Waals surface area contributed by atoms with E-state index in [1.54, 1.807) is 0 Å². The molecule has 0 aromatic heterocycles.